The van der Waals surface area contributed by atoms with Crippen molar-refractivity contribution in [2.24, 2.45) is 11.8 Å². The molecule has 0 bridgehead atoms. The Balaban J connectivity index is 1.31. The number of aryl methyl sites for hydroxylation is 1. The number of allylic oxidation sites excluding steroid dienone is 2. The monoisotopic (exact) mass is 604 g/mol. The Kier molecular flexibility index (Phi) is 10.5. The smallest absolute Gasteiger partial charge is 0.433 e. The Morgan fingerprint density at radius 2 is 1.50 bits per heavy atom. The SMILES string of the molecule is CCCCCc1ccc(OCC(F)(F)Oc2cc(F)c(C3CCC(C4CC=C(C(F)(F)F)CC4)CC3)c(F)c2)c(F)c1. The molecule has 2 aliphatic carbocycles. The van der Waals surface area contributed by atoms with Crippen molar-refractivity contribution in [3.63, 3.8) is 0 Å². The molecule has 1 unspecified atom stereocenters. The van der Waals surface area contributed by atoms with E-state index in [1.807, 2.05) is 6.92 Å². The first-order valence-corrected chi connectivity index (χ1v) is 14.6. The largest absolute Gasteiger partial charge is 0.480 e. The van der Waals surface area contributed by atoms with Crippen LogP contribution in [0.5, 0.6) is 11.5 Å². The third kappa shape index (κ3) is 8.40. The van der Waals surface area contributed by atoms with Crippen LogP contribution in [0.4, 0.5) is 35.1 Å². The summed E-state index contributed by atoms with van der Waals surface area (Å²) in [5.74, 6) is -4.12. The second-order valence-corrected chi connectivity index (χ2v) is 11.4. The number of ether oxygens (including phenoxy) is 2. The summed E-state index contributed by atoms with van der Waals surface area (Å²) in [5.41, 5.74) is 0.0286. The molecule has 0 heterocycles. The van der Waals surface area contributed by atoms with E-state index in [2.05, 4.69) is 4.74 Å². The van der Waals surface area contributed by atoms with Crippen molar-refractivity contribution in [3.05, 3.63) is 70.6 Å². The minimum absolute atomic E-state index is 0.0190. The van der Waals surface area contributed by atoms with Gasteiger partial charge in [-0.25, -0.2) is 13.2 Å². The highest BCUT2D eigenvalue weighted by atomic mass is 19.4. The Morgan fingerprint density at radius 1 is 0.810 bits per heavy atom. The minimum atomic E-state index is -4.30. The van der Waals surface area contributed by atoms with Gasteiger partial charge in [-0.1, -0.05) is 31.9 Å². The maximum atomic E-state index is 15.0. The van der Waals surface area contributed by atoms with Gasteiger partial charge in [0.25, 0.3) is 0 Å². The molecule has 2 aromatic rings. The third-order valence-corrected chi connectivity index (χ3v) is 8.44. The van der Waals surface area contributed by atoms with Gasteiger partial charge in [0.1, 0.15) is 17.4 Å². The van der Waals surface area contributed by atoms with Crippen LogP contribution in [0.1, 0.15) is 88.2 Å². The van der Waals surface area contributed by atoms with Gasteiger partial charge in [0.2, 0.25) is 0 Å². The molecule has 0 radical (unpaired) electrons. The molecular weight excluding hydrogens is 568 g/mol. The van der Waals surface area contributed by atoms with Crippen LogP contribution in [0.3, 0.4) is 0 Å². The van der Waals surface area contributed by atoms with Crippen LogP contribution >= 0.6 is 0 Å². The molecule has 0 amide bonds. The lowest BCUT2D eigenvalue weighted by atomic mass is 9.70. The van der Waals surface area contributed by atoms with Gasteiger partial charge in [-0.05, 0) is 93.2 Å². The highest BCUT2D eigenvalue weighted by molar-refractivity contribution is 5.34. The van der Waals surface area contributed by atoms with E-state index in [9.17, 15) is 35.1 Å². The van der Waals surface area contributed by atoms with Crippen LogP contribution in [0.2, 0.25) is 0 Å². The van der Waals surface area contributed by atoms with Gasteiger partial charge < -0.3 is 9.47 Å². The number of benzene rings is 2. The summed E-state index contributed by atoms with van der Waals surface area (Å²) in [7, 11) is 0. The van der Waals surface area contributed by atoms with Crippen LogP contribution < -0.4 is 9.47 Å². The molecule has 1 saturated carbocycles. The summed E-state index contributed by atoms with van der Waals surface area (Å²) in [4.78, 5) is 0. The predicted molar refractivity (Wildman–Crippen MR) is 143 cm³/mol. The normalized spacial score (nSPS) is 21.6. The second kappa shape index (κ2) is 13.7. The van der Waals surface area contributed by atoms with Crippen molar-refractivity contribution >= 4 is 0 Å². The molecule has 0 spiro atoms. The van der Waals surface area contributed by atoms with E-state index in [1.54, 1.807) is 6.07 Å². The molecule has 4 rings (SSSR count). The minimum Gasteiger partial charge on any atom is -0.480 e. The number of unbranched alkanes of at least 4 members (excludes halogenated alkanes) is 2. The van der Waals surface area contributed by atoms with E-state index < -0.39 is 53.6 Å². The molecule has 0 saturated heterocycles. The summed E-state index contributed by atoms with van der Waals surface area (Å²) >= 11 is 0. The molecule has 0 N–H and O–H groups in total. The summed E-state index contributed by atoms with van der Waals surface area (Å²) in [6.45, 7) is 0.678. The fraction of sp³-hybridized carbons (Fsp3) is 0.562. The van der Waals surface area contributed by atoms with Gasteiger partial charge in [-0.3, -0.25) is 0 Å². The van der Waals surface area contributed by atoms with Crippen LogP contribution in [0, 0.1) is 29.3 Å². The maximum Gasteiger partial charge on any atom is 0.433 e. The van der Waals surface area contributed by atoms with Gasteiger partial charge in [-0.2, -0.15) is 22.0 Å². The number of alkyl halides is 5. The quantitative estimate of drug-likeness (QED) is 0.144. The van der Waals surface area contributed by atoms with E-state index in [0.717, 1.165) is 24.8 Å². The van der Waals surface area contributed by atoms with Crippen molar-refractivity contribution in [1.29, 1.82) is 0 Å². The van der Waals surface area contributed by atoms with E-state index >= 15 is 0 Å². The summed E-state index contributed by atoms with van der Waals surface area (Å²) in [6, 6.07) is 5.50. The summed E-state index contributed by atoms with van der Waals surface area (Å²) in [6.07, 6.45) is -0.624. The molecule has 10 heteroatoms. The van der Waals surface area contributed by atoms with Crippen LogP contribution in [-0.2, 0) is 6.42 Å². The average molecular weight is 605 g/mol. The molecule has 1 fully saturated rings. The maximum absolute atomic E-state index is 15.0. The van der Waals surface area contributed by atoms with Crippen molar-refractivity contribution in [3.8, 4) is 11.5 Å². The summed E-state index contributed by atoms with van der Waals surface area (Å²) in [5, 5.41) is 0. The van der Waals surface area contributed by atoms with Crippen LogP contribution in [0.15, 0.2) is 42.0 Å². The zero-order chi connectivity index (χ0) is 30.5. The Bertz CT molecular complexity index is 1210. The zero-order valence-corrected chi connectivity index (χ0v) is 23.5. The number of rotatable bonds is 11. The lowest BCUT2D eigenvalue weighted by Crippen LogP contribution is -2.32. The Morgan fingerprint density at radius 3 is 2.07 bits per heavy atom. The molecule has 2 aliphatic rings. The molecule has 232 valence electrons. The molecule has 0 aliphatic heterocycles. The first-order chi connectivity index (χ1) is 19.9. The number of hydrogen-bond donors (Lipinski definition) is 0. The number of hydrogen-bond acceptors (Lipinski definition) is 2. The van der Waals surface area contributed by atoms with Gasteiger partial charge in [0, 0.05) is 23.3 Å². The van der Waals surface area contributed by atoms with Crippen LogP contribution in [-0.4, -0.2) is 18.9 Å². The predicted octanol–water partition coefficient (Wildman–Crippen LogP) is 10.4. The van der Waals surface area contributed by atoms with Gasteiger partial charge >= 0.3 is 12.3 Å². The fourth-order valence-electron chi connectivity index (χ4n) is 6.19. The van der Waals surface area contributed by atoms with Crippen molar-refractivity contribution < 1.29 is 44.6 Å². The highest BCUT2D eigenvalue weighted by Crippen LogP contribution is 2.45. The second-order valence-electron chi connectivity index (χ2n) is 11.4. The molecule has 2 aromatic carbocycles. The average Bonchev–Trinajstić information content (AvgIpc) is 2.92. The fourth-order valence-corrected chi connectivity index (χ4v) is 6.19. The van der Waals surface area contributed by atoms with Crippen molar-refractivity contribution in [1.82, 2.24) is 0 Å². The van der Waals surface area contributed by atoms with Crippen LogP contribution in [0.25, 0.3) is 0 Å². The van der Waals surface area contributed by atoms with E-state index in [4.69, 9.17) is 4.74 Å². The third-order valence-electron chi connectivity index (χ3n) is 8.44. The van der Waals surface area contributed by atoms with E-state index in [-0.39, 0.29) is 29.6 Å². The molecule has 1 atom stereocenters. The molecule has 2 nitrogen and oxygen atoms in total. The van der Waals surface area contributed by atoms with Gasteiger partial charge in [0.15, 0.2) is 18.2 Å². The zero-order valence-electron chi connectivity index (χ0n) is 23.5. The lowest BCUT2D eigenvalue weighted by Gasteiger charge is -2.36. The molecule has 0 aromatic heterocycles. The Hall–Kier alpha value is -2.78. The van der Waals surface area contributed by atoms with E-state index in [1.165, 1.54) is 18.2 Å². The first-order valence-electron chi connectivity index (χ1n) is 14.6. The molecule has 42 heavy (non-hydrogen) atoms. The van der Waals surface area contributed by atoms with Gasteiger partial charge in [-0.15, -0.1) is 0 Å². The number of halogens is 8. The van der Waals surface area contributed by atoms with Gasteiger partial charge in [0.05, 0.1) is 0 Å². The first kappa shape index (κ1) is 32.1. The van der Waals surface area contributed by atoms with E-state index in [0.29, 0.717) is 57.1 Å². The van der Waals surface area contributed by atoms with Crippen molar-refractivity contribution in [2.45, 2.75) is 95.8 Å². The van der Waals surface area contributed by atoms with Crippen molar-refractivity contribution in [2.75, 3.05) is 6.61 Å². The lowest BCUT2D eigenvalue weighted by molar-refractivity contribution is -0.195. The highest BCUT2D eigenvalue weighted by Gasteiger charge is 2.38. The Labute approximate surface area is 241 Å². The molecular formula is C32H36F8O2. The summed E-state index contributed by atoms with van der Waals surface area (Å²) < 4.78 is 121. The standard InChI is InChI=1S/C32H36F8O2/c1-2-3-4-5-20-6-15-29(26(33)16-20)41-19-31(36,37)42-25-17-27(34)30(28(35)18-25)23-9-7-21(8-10-23)22-11-13-24(14-12-22)32(38,39)40/h6,13,15-18,21-23H,2-5,7-12,14,19H2,1H3. The topological polar surface area (TPSA) is 18.5 Å².